The highest BCUT2D eigenvalue weighted by atomic mass is 32.2. The van der Waals surface area contributed by atoms with Gasteiger partial charge in [0.15, 0.2) is 6.04 Å². The van der Waals surface area contributed by atoms with E-state index < -0.39 is 12.0 Å². The lowest BCUT2D eigenvalue weighted by Crippen LogP contribution is -2.17. The van der Waals surface area contributed by atoms with Gasteiger partial charge in [-0.15, -0.1) is 23.1 Å². The maximum atomic E-state index is 11.0. The fraction of sp³-hybridized carbons (Fsp3) is 0.400. The van der Waals surface area contributed by atoms with Crippen LogP contribution in [0.25, 0.3) is 10.2 Å². The number of thiazole rings is 1. The Morgan fingerprint density at radius 3 is 3.13 bits per heavy atom. The summed E-state index contributed by atoms with van der Waals surface area (Å²) in [5, 5.41) is 10.5. The lowest BCUT2D eigenvalue weighted by molar-refractivity contribution is -0.137. The van der Waals surface area contributed by atoms with Crippen LogP contribution in [0.3, 0.4) is 0 Å². The Morgan fingerprint density at radius 1 is 1.52 bits per heavy atom. The molecule has 1 aliphatic rings. The number of hydrogen-bond acceptors (Lipinski definition) is 7. The third-order valence-corrected chi connectivity index (χ3v) is 6.25. The van der Waals surface area contributed by atoms with Crippen LogP contribution in [0.5, 0.6) is 5.75 Å². The maximum Gasteiger partial charge on any atom is 0.329 e. The Hall–Kier alpha value is -1.25. The van der Waals surface area contributed by atoms with Crippen molar-refractivity contribution in [1.82, 2.24) is 4.98 Å². The van der Waals surface area contributed by atoms with Gasteiger partial charge in [-0.25, -0.2) is 9.78 Å². The lowest BCUT2D eigenvalue weighted by atomic mass is 10.3. The molecular weight excluding hydrogens is 352 g/mol. The Labute approximate surface area is 146 Å². The van der Waals surface area contributed by atoms with Crippen LogP contribution in [0, 0.1) is 0 Å². The van der Waals surface area contributed by atoms with Gasteiger partial charge in [0.2, 0.25) is 0 Å². The first kappa shape index (κ1) is 16.6. The van der Waals surface area contributed by atoms with Gasteiger partial charge < -0.3 is 9.84 Å². The molecule has 0 saturated heterocycles. The second-order valence-corrected chi connectivity index (χ2v) is 8.23. The molecule has 0 spiro atoms. The standard InChI is InChI=1S/C15H16N2O3S3/c1-2-21-6-5-20-9-3-4-10-12(7-9)23-14(16-10)13-17-11(8-22-13)15(18)19/h3-4,7,11H,2,5-6,8H2,1H3,(H,18,19). The Bertz CT molecular complexity index is 745. The molecule has 1 aromatic carbocycles. The quantitative estimate of drug-likeness (QED) is 0.756. The van der Waals surface area contributed by atoms with E-state index in [2.05, 4.69) is 16.9 Å². The first-order valence-corrected chi connectivity index (χ1v) is 10.2. The van der Waals surface area contributed by atoms with Crippen LogP contribution in [-0.4, -0.2) is 51.0 Å². The fourth-order valence-corrected chi connectivity index (χ4v) is 4.65. The van der Waals surface area contributed by atoms with Crippen LogP contribution in [-0.2, 0) is 4.79 Å². The molecule has 23 heavy (non-hydrogen) atoms. The molecule has 3 rings (SSSR count). The van der Waals surface area contributed by atoms with Crippen molar-refractivity contribution in [3.63, 3.8) is 0 Å². The summed E-state index contributed by atoms with van der Waals surface area (Å²) >= 11 is 4.83. The van der Waals surface area contributed by atoms with Crippen molar-refractivity contribution in [2.45, 2.75) is 13.0 Å². The number of carboxylic acids is 1. The van der Waals surface area contributed by atoms with E-state index >= 15 is 0 Å². The molecule has 0 amide bonds. The molecule has 1 unspecified atom stereocenters. The minimum Gasteiger partial charge on any atom is -0.493 e. The Morgan fingerprint density at radius 2 is 2.39 bits per heavy atom. The molecule has 0 fully saturated rings. The van der Waals surface area contributed by atoms with Gasteiger partial charge in [-0.05, 0) is 24.0 Å². The molecule has 0 radical (unpaired) electrons. The van der Waals surface area contributed by atoms with Crippen LogP contribution in [0.2, 0.25) is 0 Å². The summed E-state index contributed by atoms with van der Waals surface area (Å²) in [5.41, 5.74) is 0.891. The number of ether oxygens (including phenoxy) is 1. The van der Waals surface area contributed by atoms with E-state index in [1.165, 1.54) is 23.1 Å². The number of nitrogens with zero attached hydrogens (tertiary/aromatic N) is 2. The SMILES string of the molecule is CCSCCOc1ccc2nc(C3=NC(C(=O)O)CS3)sc2c1. The number of thioether (sulfide) groups is 2. The highest BCUT2D eigenvalue weighted by Gasteiger charge is 2.26. The van der Waals surface area contributed by atoms with Crippen LogP contribution in [0.1, 0.15) is 11.9 Å². The minimum absolute atomic E-state index is 0.476. The number of fused-ring (bicyclic) bond motifs is 1. The molecule has 0 bridgehead atoms. The van der Waals surface area contributed by atoms with Gasteiger partial charge in [-0.3, -0.25) is 4.99 Å². The van der Waals surface area contributed by atoms with E-state index in [1.54, 1.807) is 0 Å². The Balaban J connectivity index is 1.74. The molecule has 2 heterocycles. The molecule has 2 aromatic rings. The van der Waals surface area contributed by atoms with Crippen molar-refractivity contribution in [2.24, 2.45) is 4.99 Å². The summed E-state index contributed by atoms with van der Waals surface area (Å²) in [4.78, 5) is 19.8. The van der Waals surface area contributed by atoms with Crippen LogP contribution in [0.15, 0.2) is 23.2 Å². The smallest absolute Gasteiger partial charge is 0.329 e. The number of aliphatic carboxylic acids is 1. The molecular formula is C15H16N2O3S3. The summed E-state index contributed by atoms with van der Waals surface area (Å²) in [6.07, 6.45) is 0. The summed E-state index contributed by atoms with van der Waals surface area (Å²) in [5.74, 6) is 2.51. The number of aromatic nitrogens is 1. The molecule has 1 aromatic heterocycles. The van der Waals surface area contributed by atoms with Crippen molar-refractivity contribution < 1.29 is 14.6 Å². The van der Waals surface area contributed by atoms with Crippen molar-refractivity contribution in [3.8, 4) is 5.75 Å². The van der Waals surface area contributed by atoms with Gasteiger partial charge in [-0.1, -0.05) is 6.92 Å². The molecule has 1 atom stereocenters. The molecule has 1 N–H and O–H groups in total. The number of carboxylic acid groups (broad SMARTS) is 1. The van der Waals surface area contributed by atoms with Crippen molar-refractivity contribution in [1.29, 1.82) is 0 Å². The molecule has 1 aliphatic heterocycles. The van der Waals surface area contributed by atoms with E-state index in [0.29, 0.717) is 12.4 Å². The number of carbonyl (C=O) groups is 1. The molecule has 122 valence electrons. The van der Waals surface area contributed by atoms with Gasteiger partial charge in [0, 0.05) is 11.5 Å². The largest absolute Gasteiger partial charge is 0.493 e. The van der Waals surface area contributed by atoms with Crippen molar-refractivity contribution in [2.75, 3.05) is 23.9 Å². The summed E-state index contributed by atoms with van der Waals surface area (Å²) in [6, 6.07) is 5.19. The van der Waals surface area contributed by atoms with Crippen LogP contribution >= 0.6 is 34.9 Å². The molecule has 0 saturated carbocycles. The Kier molecular flexibility index (Phi) is 5.45. The minimum atomic E-state index is -0.880. The second kappa shape index (κ2) is 7.55. The zero-order valence-electron chi connectivity index (χ0n) is 12.5. The summed E-state index contributed by atoms with van der Waals surface area (Å²) in [6.45, 7) is 2.83. The number of hydrogen-bond donors (Lipinski definition) is 1. The lowest BCUT2D eigenvalue weighted by Gasteiger charge is -2.04. The van der Waals surface area contributed by atoms with E-state index in [9.17, 15) is 4.79 Å². The number of benzene rings is 1. The van der Waals surface area contributed by atoms with Gasteiger partial charge in [-0.2, -0.15) is 11.8 Å². The zero-order chi connectivity index (χ0) is 16.2. The number of aliphatic imine (C=N–C) groups is 1. The maximum absolute atomic E-state index is 11.0. The topological polar surface area (TPSA) is 71.8 Å². The van der Waals surface area contributed by atoms with E-state index in [0.717, 1.165) is 37.5 Å². The highest BCUT2D eigenvalue weighted by molar-refractivity contribution is 8.15. The normalized spacial score (nSPS) is 17.4. The van der Waals surface area contributed by atoms with E-state index in [4.69, 9.17) is 9.84 Å². The number of rotatable bonds is 7. The van der Waals surface area contributed by atoms with Gasteiger partial charge >= 0.3 is 5.97 Å². The molecule has 8 heteroatoms. The highest BCUT2D eigenvalue weighted by Crippen LogP contribution is 2.31. The average molecular weight is 369 g/mol. The van der Waals surface area contributed by atoms with Crippen molar-refractivity contribution >= 4 is 56.1 Å². The van der Waals surface area contributed by atoms with E-state index in [-0.39, 0.29) is 0 Å². The van der Waals surface area contributed by atoms with Crippen LogP contribution in [0.4, 0.5) is 0 Å². The molecule has 5 nitrogen and oxygen atoms in total. The third-order valence-electron chi connectivity index (χ3n) is 3.18. The van der Waals surface area contributed by atoms with Crippen LogP contribution < -0.4 is 4.74 Å². The summed E-state index contributed by atoms with van der Waals surface area (Å²) < 4.78 is 6.77. The van der Waals surface area contributed by atoms with E-state index in [1.807, 2.05) is 30.0 Å². The molecule has 0 aliphatic carbocycles. The van der Waals surface area contributed by atoms with Gasteiger partial charge in [0.1, 0.15) is 15.8 Å². The first-order valence-electron chi connectivity index (χ1n) is 7.22. The second-order valence-electron chi connectivity index (χ2n) is 4.79. The fourth-order valence-electron chi connectivity index (χ4n) is 2.07. The monoisotopic (exact) mass is 368 g/mol. The first-order chi connectivity index (χ1) is 11.2. The predicted octanol–water partition coefficient (Wildman–Crippen LogP) is 3.37. The van der Waals surface area contributed by atoms with Crippen molar-refractivity contribution in [3.05, 3.63) is 23.2 Å². The van der Waals surface area contributed by atoms with Gasteiger partial charge in [0.25, 0.3) is 0 Å². The predicted molar refractivity (Wildman–Crippen MR) is 98.5 cm³/mol. The zero-order valence-corrected chi connectivity index (χ0v) is 15.0. The average Bonchev–Trinajstić information content (AvgIpc) is 3.17. The third kappa shape index (κ3) is 3.99. The summed E-state index contributed by atoms with van der Waals surface area (Å²) in [7, 11) is 0. The van der Waals surface area contributed by atoms with Gasteiger partial charge in [0.05, 0.1) is 16.8 Å².